The summed E-state index contributed by atoms with van der Waals surface area (Å²) in [4.78, 5) is 10.7. The van der Waals surface area contributed by atoms with Gasteiger partial charge in [-0.15, -0.1) is 0 Å². The van der Waals surface area contributed by atoms with E-state index in [0.29, 0.717) is 6.61 Å². The van der Waals surface area contributed by atoms with Crippen LogP contribution in [-0.4, -0.2) is 17.7 Å². The van der Waals surface area contributed by atoms with Gasteiger partial charge in [-0.2, -0.15) is 0 Å². The van der Waals surface area contributed by atoms with Crippen LogP contribution in [0.15, 0.2) is 84.9 Å². The van der Waals surface area contributed by atoms with E-state index >= 15 is 0 Å². The molecule has 0 amide bonds. The molecular weight excluding hydrogens is 336 g/mol. The van der Waals surface area contributed by atoms with E-state index in [-0.39, 0.29) is 0 Å². The van der Waals surface area contributed by atoms with E-state index < -0.39 is 5.97 Å². The van der Waals surface area contributed by atoms with Gasteiger partial charge in [0.05, 0.1) is 0 Å². The zero-order chi connectivity index (χ0) is 18.6. The van der Waals surface area contributed by atoms with Gasteiger partial charge in [0.1, 0.15) is 12.4 Å². The number of rotatable bonds is 4. The third-order valence-electron chi connectivity index (χ3n) is 4.57. The highest BCUT2D eigenvalue weighted by Gasteiger charge is 2.22. The Morgan fingerprint density at radius 2 is 1.56 bits per heavy atom. The number of para-hydroxylation sites is 1. The minimum Gasteiger partial charge on any atom is -0.488 e. The van der Waals surface area contributed by atoms with Crippen molar-refractivity contribution in [3.63, 3.8) is 0 Å². The van der Waals surface area contributed by atoms with Gasteiger partial charge in [-0.1, -0.05) is 72.8 Å². The molecule has 1 aliphatic rings. The number of aliphatic carboxylic acids is 1. The molecule has 0 saturated carbocycles. The van der Waals surface area contributed by atoms with Crippen LogP contribution in [-0.2, 0) is 4.79 Å². The molecule has 3 aromatic carbocycles. The normalized spacial score (nSPS) is 13.3. The molecule has 0 radical (unpaired) electrons. The molecule has 27 heavy (non-hydrogen) atoms. The summed E-state index contributed by atoms with van der Waals surface area (Å²) < 4.78 is 6.00. The van der Waals surface area contributed by atoms with Crippen LogP contribution in [0.5, 0.6) is 5.75 Å². The summed E-state index contributed by atoms with van der Waals surface area (Å²) in [5.41, 5.74) is 6.42. The van der Waals surface area contributed by atoms with Crippen molar-refractivity contribution in [3.8, 4) is 5.75 Å². The lowest BCUT2D eigenvalue weighted by molar-refractivity contribution is -0.131. The third kappa shape index (κ3) is 3.53. The molecule has 0 unspecified atom stereocenters. The predicted octanol–water partition coefficient (Wildman–Crippen LogP) is 5.14. The lowest BCUT2D eigenvalue weighted by Crippen LogP contribution is -2.11. The largest absolute Gasteiger partial charge is 0.488 e. The maximum atomic E-state index is 10.7. The molecule has 0 atom stereocenters. The summed E-state index contributed by atoms with van der Waals surface area (Å²) in [5, 5.41) is 8.80. The van der Waals surface area contributed by atoms with E-state index in [9.17, 15) is 4.79 Å². The van der Waals surface area contributed by atoms with Crippen molar-refractivity contribution in [2.24, 2.45) is 0 Å². The summed E-state index contributed by atoms with van der Waals surface area (Å²) in [6, 6.07) is 26.2. The third-order valence-corrected chi connectivity index (χ3v) is 4.57. The minimum absolute atomic E-state index is 0.511. The molecule has 0 spiro atoms. The Labute approximate surface area is 157 Å². The Morgan fingerprint density at radius 3 is 2.30 bits per heavy atom. The Morgan fingerprint density at radius 1 is 0.852 bits per heavy atom. The molecule has 132 valence electrons. The summed E-state index contributed by atoms with van der Waals surface area (Å²) >= 11 is 0. The van der Waals surface area contributed by atoms with Gasteiger partial charge in [0.15, 0.2) is 0 Å². The molecule has 1 N–H and O–H groups in total. The zero-order valence-corrected chi connectivity index (χ0v) is 14.6. The second kappa shape index (κ2) is 7.34. The van der Waals surface area contributed by atoms with E-state index in [0.717, 1.165) is 45.2 Å². The zero-order valence-electron chi connectivity index (χ0n) is 14.6. The molecule has 3 nitrogen and oxygen atoms in total. The second-order valence-corrected chi connectivity index (χ2v) is 6.30. The molecule has 1 aliphatic heterocycles. The number of hydrogen-bond donors (Lipinski definition) is 1. The maximum Gasteiger partial charge on any atom is 0.328 e. The quantitative estimate of drug-likeness (QED) is 0.660. The van der Waals surface area contributed by atoms with Gasteiger partial charge in [0.25, 0.3) is 0 Å². The number of hydrogen-bond acceptors (Lipinski definition) is 2. The Balaban J connectivity index is 1.85. The molecule has 0 fully saturated rings. The monoisotopic (exact) mass is 354 g/mol. The van der Waals surface area contributed by atoms with Gasteiger partial charge in [-0.3, -0.25) is 0 Å². The van der Waals surface area contributed by atoms with Crippen LogP contribution in [0.4, 0.5) is 0 Å². The highest BCUT2D eigenvalue weighted by atomic mass is 16.5. The Bertz CT molecular complexity index is 1030. The second-order valence-electron chi connectivity index (χ2n) is 6.30. The standard InChI is InChI=1S/C24H18O3/c25-23(26)15-12-17-10-13-19(14-11-17)24-20-8-4-5-9-22(20)27-16-21(24)18-6-2-1-3-7-18/h1-15H,16H2,(H,25,26)/b15-12+. The first-order chi connectivity index (χ1) is 13.2. The molecule has 0 aromatic heterocycles. The van der Waals surface area contributed by atoms with Gasteiger partial charge in [0.2, 0.25) is 0 Å². The number of carboxylic acid groups (broad SMARTS) is 1. The van der Waals surface area contributed by atoms with E-state index in [4.69, 9.17) is 9.84 Å². The van der Waals surface area contributed by atoms with Crippen molar-refractivity contribution < 1.29 is 14.6 Å². The number of benzene rings is 3. The Kier molecular flexibility index (Phi) is 4.58. The van der Waals surface area contributed by atoms with Crippen LogP contribution in [0.2, 0.25) is 0 Å². The van der Waals surface area contributed by atoms with Crippen molar-refractivity contribution in [2.45, 2.75) is 0 Å². The average Bonchev–Trinajstić information content (AvgIpc) is 2.72. The lowest BCUT2D eigenvalue weighted by atomic mass is 9.87. The molecule has 0 bridgehead atoms. The van der Waals surface area contributed by atoms with Crippen molar-refractivity contribution in [1.82, 2.24) is 0 Å². The van der Waals surface area contributed by atoms with E-state index in [1.54, 1.807) is 6.08 Å². The highest BCUT2D eigenvalue weighted by molar-refractivity contribution is 6.01. The summed E-state index contributed by atoms with van der Waals surface area (Å²) in [5.74, 6) is -0.0754. The van der Waals surface area contributed by atoms with Crippen molar-refractivity contribution in [1.29, 1.82) is 0 Å². The molecule has 3 heteroatoms. The van der Waals surface area contributed by atoms with Gasteiger partial charge >= 0.3 is 5.97 Å². The van der Waals surface area contributed by atoms with Gasteiger partial charge in [-0.05, 0) is 34.4 Å². The number of carboxylic acids is 1. The van der Waals surface area contributed by atoms with E-state index in [1.807, 2.05) is 60.7 Å². The first kappa shape index (κ1) is 16.9. The number of ether oxygens (including phenoxy) is 1. The van der Waals surface area contributed by atoms with Crippen LogP contribution in [0.3, 0.4) is 0 Å². The molecule has 0 saturated heterocycles. The van der Waals surface area contributed by atoms with Crippen LogP contribution in [0.1, 0.15) is 22.3 Å². The Hall–Kier alpha value is -3.59. The average molecular weight is 354 g/mol. The summed E-state index contributed by atoms with van der Waals surface area (Å²) in [7, 11) is 0. The van der Waals surface area contributed by atoms with Crippen molar-refractivity contribution in [3.05, 3.63) is 107 Å². The SMILES string of the molecule is O=C(O)/C=C/c1ccc(C2=C(c3ccccc3)COc3ccccc32)cc1. The fourth-order valence-corrected chi connectivity index (χ4v) is 3.31. The van der Waals surface area contributed by atoms with E-state index in [2.05, 4.69) is 18.2 Å². The van der Waals surface area contributed by atoms with Crippen LogP contribution in [0, 0.1) is 0 Å². The molecular formula is C24H18O3. The smallest absolute Gasteiger partial charge is 0.328 e. The van der Waals surface area contributed by atoms with Crippen LogP contribution >= 0.6 is 0 Å². The maximum absolute atomic E-state index is 10.7. The van der Waals surface area contributed by atoms with Gasteiger partial charge in [0, 0.05) is 17.2 Å². The summed E-state index contributed by atoms with van der Waals surface area (Å²) in [6.45, 7) is 0.511. The number of fused-ring (bicyclic) bond motifs is 1. The fourth-order valence-electron chi connectivity index (χ4n) is 3.31. The minimum atomic E-state index is -0.952. The van der Waals surface area contributed by atoms with Crippen LogP contribution < -0.4 is 4.74 Å². The summed E-state index contributed by atoms with van der Waals surface area (Å²) in [6.07, 6.45) is 2.74. The molecule has 0 aliphatic carbocycles. The number of carbonyl (C=O) groups is 1. The predicted molar refractivity (Wildman–Crippen MR) is 107 cm³/mol. The fraction of sp³-hybridized carbons (Fsp3) is 0.0417. The van der Waals surface area contributed by atoms with Gasteiger partial charge in [-0.25, -0.2) is 4.79 Å². The van der Waals surface area contributed by atoms with Crippen molar-refractivity contribution in [2.75, 3.05) is 6.61 Å². The highest BCUT2D eigenvalue weighted by Crippen LogP contribution is 2.40. The first-order valence-corrected chi connectivity index (χ1v) is 8.74. The molecule has 4 rings (SSSR count). The van der Waals surface area contributed by atoms with Crippen molar-refractivity contribution >= 4 is 23.2 Å². The topological polar surface area (TPSA) is 46.5 Å². The van der Waals surface area contributed by atoms with E-state index in [1.165, 1.54) is 0 Å². The molecule has 1 heterocycles. The lowest BCUT2D eigenvalue weighted by Gasteiger charge is -2.25. The first-order valence-electron chi connectivity index (χ1n) is 8.74. The molecule has 3 aromatic rings. The van der Waals surface area contributed by atoms with Crippen LogP contribution in [0.25, 0.3) is 17.2 Å². The van der Waals surface area contributed by atoms with Gasteiger partial charge < -0.3 is 9.84 Å².